The summed E-state index contributed by atoms with van der Waals surface area (Å²) in [5.74, 6) is -0.253. The van der Waals surface area contributed by atoms with Gasteiger partial charge in [0, 0.05) is 25.2 Å². The van der Waals surface area contributed by atoms with Crippen LogP contribution in [-0.2, 0) is 13.6 Å². The normalized spacial score (nSPS) is 10.9. The molecule has 0 saturated carbocycles. The second-order valence-electron chi connectivity index (χ2n) is 6.39. The van der Waals surface area contributed by atoms with Gasteiger partial charge in [-0.25, -0.2) is 18.7 Å². The van der Waals surface area contributed by atoms with Crippen LogP contribution in [-0.4, -0.2) is 46.8 Å². The fourth-order valence-electron chi connectivity index (χ4n) is 2.85. The van der Waals surface area contributed by atoms with Gasteiger partial charge in [0.2, 0.25) is 0 Å². The highest BCUT2D eigenvalue weighted by atomic mass is 19.1. The zero-order valence-corrected chi connectivity index (χ0v) is 15.9. The first-order chi connectivity index (χ1) is 14.5. The first kappa shape index (κ1) is 19.2. The highest BCUT2D eigenvalue weighted by Crippen LogP contribution is 2.19. The van der Waals surface area contributed by atoms with E-state index in [4.69, 9.17) is 0 Å². The first-order valence-electron chi connectivity index (χ1n) is 9.02. The van der Waals surface area contributed by atoms with E-state index >= 15 is 0 Å². The van der Waals surface area contributed by atoms with Gasteiger partial charge in [0.25, 0.3) is 11.5 Å². The van der Waals surface area contributed by atoms with Crippen LogP contribution in [0.4, 0.5) is 4.39 Å². The van der Waals surface area contributed by atoms with Crippen LogP contribution in [0, 0.1) is 5.82 Å². The van der Waals surface area contributed by atoms with E-state index < -0.39 is 0 Å². The van der Waals surface area contributed by atoms with Crippen LogP contribution < -0.4 is 10.9 Å². The Morgan fingerprint density at radius 1 is 1.13 bits per heavy atom. The molecular weight excluding hydrogens is 391 g/mol. The van der Waals surface area contributed by atoms with E-state index in [1.807, 2.05) is 0 Å². The number of hydrogen-bond acceptors (Lipinski definition) is 6. The van der Waals surface area contributed by atoms with Crippen molar-refractivity contribution in [3.63, 3.8) is 0 Å². The summed E-state index contributed by atoms with van der Waals surface area (Å²) >= 11 is 0. The van der Waals surface area contributed by atoms with Crippen molar-refractivity contribution in [1.29, 1.82) is 0 Å². The van der Waals surface area contributed by atoms with E-state index in [1.165, 1.54) is 44.9 Å². The molecule has 4 rings (SSSR count). The van der Waals surface area contributed by atoms with Crippen LogP contribution in [0.15, 0.2) is 59.9 Å². The highest BCUT2D eigenvalue weighted by Gasteiger charge is 2.14. The van der Waals surface area contributed by atoms with Gasteiger partial charge in [-0.05, 0) is 36.4 Å². The lowest BCUT2D eigenvalue weighted by molar-refractivity contribution is 0.0942. The third kappa shape index (κ3) is 3.99. The lowest BCUT2D eigenvalue weighted by Gasteiger charge is -2.08. The third-order valence-electron chi connectivity index (χ3n) is 4.37. The summed E-state index contributed by atoms with van der Waals surface area (Å²) in [6.07, 6.45) is 2.84. The quantitative estimate of drug-likeness (QED) is 0.505. The Hall–Kier alpha value is -4.15. The monoisotopic (exact) mass is 408 g/mol. The van der Waals surface area contributed by atoms with Gasteiger partial charge in [-0.2, -0.15) is 10.2 Å². The van der Waals surface area contributed by atoms with Gasteiger partial charge >= 0.3 is 0 Å². The van der Waals surface area contributed by atoms with Gasteiger partial charge in [-0.3, -0.25) is 14.3 Å². The number of aryl methyl sites for hydroxylation is 1. The third-order valence-corrected chi connectivity index (χ3v) is 4.37. The maximum atomic E-state index is 13.1. The minimum absolute atomic E-state index is 0.176. The van der Waals surface area contributed by atoms with E-state index in [2.05, 4.69) is 25.6 Å². The Kier molecular flexibility index (Phi) is 5.16. The molecule has 10 nitrogen and oxygen atoms in total. The number of hydrogen-bond donors (Lipinski definition) is 1. The molecule has 0 saturated heterocycles. The number of nitrogens with one attached hydrogen (secondary N) is 1. The molecule has 0 bridgehead atoms. The molecule has 0 aliphatic carbocycles. The Balaban J connectivity index is 1.43. The van der Waals surface area contributed by atoms with Crippen LogP contribution in [0.1, 0.15) is 10.5 Å². The molecule has 0 spiro atoms. The van der Waals surface area contributed by atoms with Crippen LogP contribution in [0.3, 0.4) is 0 Å². The fraction of sp³-hybridized carbons (Fsp3) is 0.158. The summed E-state index contributed by atoms with van der Waals surface area (Å²) in [4.78, 5) is 28.4. The molecular formula is C19H17FN8O2. The molecule has 0 radical (unpaired) electrons. The molecule has 0 aliphatic rings. The minimum Gasteiger partial charge on any atom is -0.349 e. The zero-order valence-electron chi connectivity index (χ0n) is 15.9. The Morgan fingerprint density at radius 2 is 1.93 bits per heavy atom. The maximum Gasteiger partial charge on any atom is 0.269 e. The number of carbonyl (C=O) groups excluding carboxylic acids is 1. The molecule has 3 aromatic heterocycles. The van der Waals surface area contributed by atoms with Crippen LogP contribution in [0.5, 0.6) is 0 Å². The summed E-state index contributed by atoms with van der Waals surface area (Å²) in [7, 11) is 1.65. The molecule has 152 valence electrons. The average molecular weight is 408 g/mol. The highest BCUT2D eigenvalue weighted by molar-refractivity contribution is 5.93. The summed E-state index contributed by atoms with van der Waals surface area (Å²) in [6.45, 7) is 0.361. The molecule has 3 heterocycles. The lowest BCUT2D eigenvalue weighted by Crippen LogP contribution is -2.33. The molecule has 4 aromatic rings. The van der Waals surface area contributed by atoms with Gasteiger partial charge in [-0.15, -0.1) is 5.10 Å². The summed E-state index contributed by atoms with van der Waals surface area (Å²) in [5.41, 5.74) is 1.30. The predicted molar refractivity (Wildman–Crippen MR) is 104 cm³/mol. The van der Waals surface area contributed by atoms with Crippen molar-refractivity contribution in [1.82, 2.24) is 39.6 Å². The molecule has 11 heteroatoms. The largest absolute Gasteiger partial charge is 0.349 e. The first-order valence-corrected chi connectivity index (χ1v) is 9.02. The Bertz CT molecular complexity index is 1230. The Labute approximate surface area is 169 Å². The van der Waals surface area contributed by atoms with Crippen LogP contribution >= 0.6 is 0 Å². The molecule has 0 unspecified atom stereocenters. The van der Waals surface area contributed by atoms with Crippen molar-refractivity contribution in [3.05, 3.63) is 77.0 Å². The fourth-order valence-corrected chi connectivity index (χ4v) is 2.85. The second kappa shape index (κ2) is 8.07. The number of nitrogens with zero attached hydrogens (tertiary/aromatic N) is 7. The SMILES string of the molecule is Cn1nc(-c2ccc(F)cc2)cc1C(=O)NCCn1nc(-n2cncn2)ccc1=O. The molecule has 0 atom stereocenters. The number of carbonyl (C=O) groups is 1. The molecule has 0 fully saturated rings. The smallest absolute Gasteiger partial charge is 0.269 e. The maximum absolute atomic E-state index is 13.1. The average Bonchev–Trinajstić information content (AvgIpc) is 3.40. The summed E-state index contributed by atoms with van der Waals surface area (Å²) < 4.78 is 17.2. The van der Waals surface area contributed by atoms with Crippen LogP contribution in [0.2, 0.25) is 0 Å². The number of aromatic nitrogens is 7. The van der Waals surface area contributed by atoms with E-state index in [0.717, 1.165) is 0 Å². The molecule has 1 aromatic carbocycles. The molecule has 1 amide bonds. The number of rotatable bonds is 6. The summed E-state index contributed by atoms with van der Waals surface area (Å²) in [6, 6.07) is 10.4. The zero-order chi connectivity index (χ0) is 21.1. The van der Waals surface area contributed by atoms with Gasteiger partial charge in [0.15, 0.2) is 5.82 Å². The van der Waals surface area contributed by atoms with Gasteiger partial charge in [0.1, 0.15) is 24.2 Å². The van der Waals surface area contributed by atoms with Crippen molar-refractivity contribution in [3.8, 4) is 17.1 Å². The van der Waals surface area contributed by atoms with Crippen LogP contribution in [0.25, 0.3) is 17.1 Å². The van der Waals surface area contributed by atoms with E-state index in [-0.39, 0.29) is 30.4 Å². The molecule has 1 N–H and O–H groups in total. The molecule has 0 aliphatic heterocycles. The van der Waals surface area contributed by atoms with Gasteiger partial charge in [0.05, 0.1) is 12.2 Å². The predicted octanol–water partition coefficient (Wildman–Crippen LogP) is 0.794. The number of halogens is 1. The number of benzene rings is 1. The topological polar surface area (TPSA) is 113 Å². The lowest BCUT2D eigenvalue weighted by atomic mass is 10.1. The standard InChI is InChI=1S/C19H17FN8O2/c1-26-16(10-15(24-26)13-2-4-14(20)5-3-13)19(30)22-8-9-27-18(29)7-6-17(25-27)28-12-21-11-23-28/h2-7,10-12H,8-9H2,1H3,(H,22,30). The van der Waals surface area contributed by atoms with Crippen molar-refractivity contribution < 1.29 is 9.18 Å². The Morgan fingerprint density at radius 3 is 2.67 bits per heavy atom. The van der Waals surface area contributed by atoms with E-state index in [9.17, 15) is 14.0 Å². The van der Waals surface area contributed by atoms with Crippen molar-refractivity contribution in [2.75, 3.05) is 6.54 Å². The van der Waals surface area contributed by atoms with Gasteiger partial charge < -0.3 is 5.32 Å². The van der Waals surface area contributed by atoms with Gasteiger partial charge in [-0.1, -0.05) is 0 Å². The molecule has 30 heavy (non-hydrogen) atoms. The van der Waals surface area contributed by atoms with Crippen molar-refractivity contribution >= 4 is 5.91 Å². The van der Waals surface area contributed by atoms with E-state index in [0.29, 0.717) is 22.8 Å². The summed E-state index contributed by atoms with van der Waals surface area (Å²) in [5, 5.41) is 15.2. The second-order valence-corrected chi connectivity index (χ2v) is 6.39. The van der Waals surface area contributed by atoms with Crippen molar-refractivity contribution in [2.45, 2.75) is 6.54 Å². The minimum atomic E-state index is -0.348. The van der Waals surface area contributed by atoms with Crippen molar-refractivity contribution in [2.24, 2.45) is 7.05 Å². The van der Waals surface area contributed by atoms with E-state index in [1.54, 1.807) is 31.3 Å². The number of amides is 1.